The van der Waals surface area contributed by atoms with Crippen molar-refractivity contribution in [2.75, 3.05) is 6.54 Å². The lowest BCUT2D eigenvalue weighted by molar-refractivity contribution is -0.126. The van der Waals surface area contributed by atoms with Gasteiger partial charge in [0.15, 0.2) is 0 Å². The van der Waals surface area contributed by atoms with Crippen LogP contribution in [-0.2, 0) is 9.59 Å². The number of hydrogen-bond donors (Lipinski definition) is 2. The molecule has 2 amide bonds. The van der Waals surface area contributed by atoms with Crippen molar-refractivity contribution in [3.63, 3.8) is 0 Å². The Balaban J connectivity index is 2.00. The van der Waals surface area contributed by atoms with Crippen LogP contribution in [0.5, 0.6) is 0 Å². The molecule has 0 heterocycles. The van der Waals surface area contributed by atoms with Crippen LogP contribution in [0.15, 0.2) is 41.0 Å². The Hall–Kier alpha value is -2.43. The molecule has 0 bridgehead atoms. The predicted octanol–water partition coefficient (Wildman–Crippen LogP) is 6.01. The Labute approximate surface area is 188 Å². The highest BCUT2D eigenvalue weighted by Gasteiger charge is 2.04. The fourth-order valence-corrected chi connectivity index (χ4v) is 3.31. The molecule has 0 saturated carbocycles. The van der Waals surface area contributed by atoms with Crippen LogP contribution in [0.1, 0.15) is 96.5 Å². The SMILES string of the molecule is CCCCCCCCCCCCCC(=O)NCC(=O)N/N=C\C(C)=C/c1ccccc1. The van der Waals surface area contributed by atoms with Crippen LogP contribution in [-0.4, -0.2) is 24.6 Å². The van der Waals surface area contributed by atoms with Crippen molar-refractivity contribution in [2.45, 2.75) is 90.9 Å². The number of nitrogens with zero attached hydrogens (tertiary/aromatic N) is 1. The lowest BCUT2D eigenvalue weighted by Gasteiger charge is -2.05. The van der Waals surface area contributed by atoms with Crippen LogP contribution in [0, 0.1) is 0 Å². The van der Waals surface area contributed by atoms with Crippen molar-refractivity contribution in [3.05, 3.63) is 41.5 Å². The quantitative estimate of drug-likeness (QED) is 0.182. The van der Waals surface area contributed by atoms with E-state index >= 15 is 0 Å². The number of rotatable bonds is 17. The van der Waals surface area contributed by atoms with Crippen molar-refractivity contribution in [1.82, 2.24) is 10.7 Å². The number of nitrogens with one attached hydrogen (secondary N) is 2. The zero-order valence-electron chi connectivity index (χ0n) is 19.5. The summed E-state index contributed by atoms with van der Waals surface area (Å²) in [5.74, 6) is -0.397. The summed E-state index contributed by atoms with van der Waals surface area (Å²) in [6, 6.07) is 9.91. The second-order valence-corrected chi connectivity index (χ2v) is 8.15. The maximum Gasteiger partial charge on any atom is 0.259 e. The minimum absolute atomic E-state index is 0.0460. The molecule has 31 heavy (non-hydrogen) atoms. The summed E-state index contributed by atoms with van der Waals surface area (Å²) in [7, 11) is 0. The van der Waals surface area contributed by atoms with E-state index < -0.39 is 0 Å². The van der Waals surface area contributed by atoms with Crippen molar-refractivity contribution < 1.29 is 9.59 Å². The summed E-state index contributed by atoms with van der Waals surface area (Å²) in [6.07, 6.45) is 17.9. The Kier molecular flexibility index (Phi) is 15.7. The summed E-state index contributed by atoms with van der Waals surface area (Å²) in [5, 5.41) is 6.59. The number of carbonyl (C=O) groups excluding carboxylic acids is 2. The number of hydrogen-bond acceptors (Lipinski definition) is 3. The maximum absolute atomic E-state index is 11.9. The van der Waals surface area contributed by atoms with E-state index in [9.17, 15) is 9.59 Å². The van der Waals surface area contributed by atoms with Gasteiger partial charge >= 0.3 is 0 Å². The fourth-order valence-electron chi connectivity index (χ4n) is 3.31. The fraction of sp³-hybridized carbons (Fsp3) is 0.577. The lowest BCUT2D eigenvalue weighted by Crippen LogP contribution is -2.34. The number of carbonyl (C=O) groups is 2. The van der Waals surface area contributed by atoms with E-state index in [1.54, 1.807) is 6.21 Å². The Morgan fingerprint density at radius 3 is 2.03 bits per heavy atom. The molecule has 5 heteroatoms. The summed E-state index contributed by atoms with van der Waals surface area (Å²) in [4.78, 5) is 23.6. The Morgan fingerprint density at radius 1 is 0.839 bits per heavy atom. The van der Waals surface area contributed by atoms with Crippen LogP contribution < -0.4 is 10.7 Å². The van der Waals surface area contributed by atoms with E-state index in [-0.39, 0.29) is 18.4 Å². The summed E-state index contributed by atoms with van der Waals surface area (Å²) in [6.45, 7) is 4.12. The van der Waals surface area contributed by atoms with Gasteiger partial charge in [0, 0.05) is 6.42 Å². The molecule has 172 valence electrons. The third kappa shape index (κ3) is 16.0. The number of amides is 2. The third-order valence-corrected chi connectivity index (χ3v) is 5.10. The number of allylic oxidation sites excluding steroid dienone is 1. The highest BCUT2D eigenvalue weighted by atomic mass is 16.2. The molecule has 0 atom stereocenters. The second kappa shape index (κ2) is 18.3. The molecule has 0 aliphatic heterocycles. The van der Waals surface area contributed by atoms with Gasteiger partial charge in [-0.1, -0.05) is 108 Å². The summed E-state index contributed by atoms with van der Waals surface area (Å²) >= 11 is 0. The average Bonchev–Trinajstić information content (AvgIpc) is 2.76. The van der Waals surface area contributed by atoms with Gasteiger partial charge in [0.1, 0.15) is 0 Å². The molecule has 1 aromatic carbocycles. The Morgan fingerprint density at radius 2 is 1.42 bits per heavy atom. The van der Waals surface area contributed by atoms with Gasteiger partial charge in [0.05, 0.1) is 12.8 Å². The standard InChI is InChI=1S/C26H41N3O2/c1-3-4-5-6-7-8-9-10-11-12-16-19-25(30)27-22-26(31)29-28-21-23(2)20-24-17-14-13-15-18-24/h13-15,17-18,20-21H,3-12,16,19,22H2,1-2H3,(H,27,30)(H,29,31)/b23-20-,28-21-. The topological polar surface area (TPSA) is 70.6 Å². The van der Waals surface area contributed by atoms with Crippen LogP contribution in [0.4, 0.5) is 0 Å². The van der Waals surface area contributed by atoms with Crippen molar-refractivity contribution >= 4 is 24.1 Å². The summed E-state index contributed by atoms with van der Waals surface area (Å²) in [5.41, 5.74) is 4.44. The largest absolute Gasteiger partial charge is 0.347 e. The minimum atomic E-state index is -0.323. The van der Waals surface area contributed by atoms with Crippen LogP contribution in [0.3, 0.4) is 0 Å². The highest BCUT2D eigenvalue weighted by molar-refractivity contribution is 5.87. The molecule has 0 fully saturated rings. The van der Waals surface area contributed by atoms with Gasteiger partial charge < -0.3 is 5.32 Å². The van der Waals surface area contributed by atoms with Gasteiger partial charge in [-0.05, 0) is 24.5 Å². The molecule has 5 nitrogen and oxygen atoms in total. The molecule has 1 rings (SSSR count). The molecule has 0 aromatic heterocycles. The van der Waals surface area contributed by atoms with Crippen LogP contribution in [0.2, 0.25) is 0 Å². The first-order chi connectivity index (χ1) is 15.1. The molecule has 1 aromatic rings. The van der Waals surface area contributed by atoms with Crippen LogP contribution >= 0.6 is 0 Å². The molecule has 0 spiro atoms. The molecular formula is C26H41N3O2. The molecular weight excluding hydrogens is 386 g/mol. The molecule has 0 unspecified atom stereocenters. The normalized spacial score (nSPS) is 11.6. The molecule has 2 N–H and O–H groups in total. The number of unbranched alkanes of at least 4 members (excludes halogenated alkanes) is 10. The first-order valence-corrected chi connectivity index (χ1v) is 11.9. The monoisotopic (exact) mass is 427 g/mol. The van der Waals surface area contributed by atoms with Gasteiger partial charge in [-0.3, -0.25) is 9.59 Å². The lowest BCUT2D eigenvalue weighted by atomic mass is 10.1. The van der Waals surface area contributed by atoms with E-state index in [0.29, 0.717) is 6.42 Å². The van der Waals surface area contributed by atoms with Gasteiger partial charge in [0.25, 0.3) is 5.91 Å². The maximum atomic E-state index is 11.9. The van der Waals surface area contributed by atoms with E-state index in [0.717, 1.165) is 24.0 Å². The molecule has 0 aliphatic rings. The van der Waals surface area contributed by atoms with Crippen LogP contribution in [0.25, 0.3) is 6.08 Å². The first-order valence-electron chi connectivity index (χ1n) is 11.9. The zero-order chi connectivity index (χ0) is 22.6. The van der Waals surface area contributed by atoms with Crippen molar-refractivity contribution in [3.8, 4) is 0 Å². The minimum Gasteiger partial charge on any atom is -0.347 e. The third-order valence-electron chi connectivity index (χ3n) is 5.10. The smallest absolute Gasteiger partial charge is 0.259 e. The average molecular weight is 428 g/mol. The highest BCUT2D eigenvalue weighted by Crippen LogP contribution is 2.11. The van der Waals surface area contributed by atoms with E-state index in [1.165, 1.54) is 57.8 Å². The van der Waals surface area contributed by atoms with Crippen molar-refractivity contribution in [2.24, 2.45) is 5.10 Å². The first kappa shape index (κ1) is 26.6. The van der Waals surface area contributed by atoms with Crippen molar-refractivity contribution in [1.29, 1.82) is 0 Å². The molecule has 0 radical (unpaired) electrons. The zero-order valence-corrected chi connectivity index (χ0v) is 19.5. The summed E-state index contributed by atoms with van der Waals surface area (Å²) < 4.78 is 0. The molecule has 0 aliphatic carbocycles. The van der Waals surface area contributed by atoms with Gasteiger partial charge in [-0.2, -0.15) is 5.10 Å². The Bertz CT molecular complexity index is 668. The second-order valence-electron chi connectivity index (χ2n) is 8.15. The predicted molar refractivity (Wildman–Crippen MR) is 131 cm³/mol. The van der Waals surface area contributed by atoms with E-state index in [1.807, 2.05) is 43.3 Å². The number of hydrazone groups is 1. The van der Waals surface area contributed by atoms with E-state index in [2.05, 4.69) is 22.8 Å². The van der Waals surface area contributed by atoms with Gasteiger partial charge in [-0.25, -0.2) is 5.43 Å². The number of benzene rings is 1. The van der Waals surface area contributed by atoms with Gasteiger partial charge in [0.2, 0.25) is 5.91 Å². The van der Waals surface area contributed by atoms with E-state index in [4.69, 9.17) is 0 Å². The van der Waals surface area contributed by atoms with Gasteiger partial charge in [-0.15, -0.1) is 0 Å². The molecule has 0 saturated heterocycles.